The highest BCUT2D eigenvalue weighted by molar-refractivity contribution is 7.86. The fraction of sp³-hybridized carbons (Fsp3) is 0.250. The first-order chi connectivity index (χ1) is 24.4. The first kappa shape index (κ1) is 37.5. The molecular weight excluding hydrogens is 670 g/mol. The van der Waals surface area contributed by atoms with Crippen molar-refractivity contribution in [1.29, 1.82) is 0 Å². The van der Waals surface area contributed by atoms with Crippen LogP contribution in [0.25, 0.3) is 11.1 Å². The average Bonchev–Trinajstić information content (AvgIpc) is 3.02. The molecule has 0 N–H and O–H groups in total. The Balaban J connectivity index is 1.84. The van der Waals surface area contributed by atoms with Gasteiger partial charge in [-0.05, 0) is 159 Å². The molecule has 1 atom stereocenters. The molecule has 0 aromatic heterocycles. The summed E-state index contributed by atoms with van der Waals surface area (Å²) in [5.41, 5.74) is 14.5. The molecule has 6 aromatic rings. The molecular formula is C48H52O2P2. The van der Waals surface area contributed by atoms with Gasteiger partial charge in [-0.3, -0.25) is 0 Å². The predicted octanol–water partition coefficient (Wildman–Crippen LogP) is 10.3. The van der Waals surface area contributed by atoms with Crippen molar-refractivity contribution in [3.8, 4) is 11.1 Å². The third-order valence-electron chi connectivity index (χ3n) is 10.2. The zero-order valence-corrected chi connectivity index (χ0v) is 34.7. The van der Waals surface area contributed by atoms with E-state index < -0.39 is 14.3 Å². The van der Waals surface area contributed by atoms with Gasteiger partial charge in [-0.25, -0.2) is 0 Å². The van der Waals surface area contributed by atoms with E-state index in [2.05, 4.69) is 180 Å². The van der Waals surface area contributed by atoms with E-state index in [-0.39, 0.29) is 0 Å². The standard InChI is InChI=1S/C48H52O2P2/c1-29-13-14-44(38(10)18-29)52(50,43-25-34(6)17-35(7)26-43)46-28-37(9)20-40(12)48(46)47-39(11)19-36(8)27-45(47)51(49,41-21-30(2)15-31(3)22-41)42-23-32(4)16-33(5)24-42/h13-28H,1-12H3. The Morgan fingerprint density at radius 3 is 0.962 bits per heavy atom. The van der Waals surface area contributed by atoms with Crippen LogP contribution in [0.3, 0.4) is 0 Å². The van der Waals surface area contributed by atoms with Gasteiger partial charge in [-0.15, -0.1) is 0 Å². The molecule has 0 aliphatic carbocycles. The first-order valence-corrected chi connectivity index (χ1v) is 21.6. The van der Waals surface area contributed by atoms with Crippen molar-refractivity contribution in [1.82, 2.24) is 0 Å². The Kier molecular flexibility index (Phi) is 10.1. The highest BCUT2D eigenvalue weighted by Gasteiger charge is 2.39. The van der Waals surface area contributed by atoms with Gasteiger partial charge in [-0.1, -0.05) is 98.6 Å². The molecule has 0 aliphatic rings. The molecule has 0 bridgehead atoms. The van der Waals surface area contributed by atoms with Gasteiger partial charge >= 0.3 is 0 Å². The van der Waals surface area contributed by atoms with Crippen LogP contribution in [-0.4, -0.2) is 0 Å². The van der Waals surface area contributed by atoms with Crippen LogP contribution in [0.2, 0.25) is 0 Å². The zero-order valence-electron chi connectivity index (χ0n) is 32.9. The minimum Gasteiger partial charge on any atom is -0.309 e. The third kappa shape index (κ3) is 6.73. The number of rotatable bonds is 7. The monoisotopic (exact) mass is 722 g/mol. The lowest BCUT2D eigenvalue weighted by Crippen LogP contribution is -2.32. The summed E-state index contributed by atoms with van der Waals surface area (Å²) in [5, 5.41) is 4.89. The van der Waals surface area contributed by atoms with E-state index in [1.54, 1.807) is 0 Å². The summed E-state index contributed by atoms with van der Waals surface area (Å²) in [4.78, 5) is 0. The first-order valence-electron chi connectivity index (χ1n) is 18.2. The maximum absolute atomic E-state index is 16.7. The van der Waals surface area contributed by atoms with E-state index >= 15 is 9.13 Å². The Bertz CT molecular complexity index is 2380. The molecule has 0 radical (unpaired) electrons. The number of hydrogen-bond acceptors (Lipinski definition) is 2. The van der Waals surface area contributed by atoms with Gasteiger partial charge in [0.1, 0.15) is 0 Å². The van der Waals surface area contributed by atoms with Gasteiger partial charge < -0.3 is 9.13 Å². The van der Waals surface area contributed by atoms with E-state index in [1.165, 1.54) is 0 Å². The molecule has 0 saturated heterocycles. The maximum atomic E-state index is 16.7. The van der Waals surface area contributed by atoms with Crippen LogP contribution in [0.4, 0.5) is 0 Å². The van der Waals surface area contributed by atoms with E-state index in [9.17, 15) is 0 Å². The second kappa shape index (κ2) is 14.0. The van der Waals surface area contributed by atoms with Crippen LogP contribution in [0.5, 0.6) is 0 Å². The largest absolute Gasteiger partial charge is 0.309 e. The zero-order chi connectivity index (χ0) is 37.9. The molecule has 0 aliphatic heterocycles. The van der Waals surface area contributed by atoms with Crippen LogP contribution >= 0.6 is 14.3 Å². The molecule has 52 heavy (non-hydrogen) atoms. The Morgan fingerprint density at radius 1 is 0.288 bits per heavy atom. The summed E-state index contributed by atoms with van der Waals surface area (Å²) in [6, 6.07) is 34.0. The van der Waals surface area contributed by atoms with E-state index in [0.717, 1.165) is 110 Å². The van der Waals surface area contributed by atoms with Crippen molar-refractivity contribution in [3.63, 3.8) is 0 Å². The van der Waals surface area contributed by atoms with Gasteiger partial charge in [-0.2, -0.15) is 0 Å². The summed E-state index contributed by atoms with van der Waals surface area (Å²) in [7, 11) is -7.02. The van der Waals surface area contributed by atoms with Crippen molar-refractivity contribution in [2.75, 3.05) is 0 Å². The van der Waals surface area contributed by atoms with Crippen molar-refractivity contribution in [3.05, 3.63) is 164 Å². The Labute approximate surface area is 312 Å². The molecule has 0 heterocycles. The van der Waals surface area contributed by atoms with Crippen molar-refractivity contribution < 1.29 is 9.13 Å². The predicted molar refractivity (Wildman–Crippen MR) is 228 cm³/mol. The fourth-order valence-corrected chi connectivity index (χ4v) is 15.2. The highest BCUT2D eigenvalue weighted by Crippen LogP contribution is 2.51. The van der Waals surface area contributed by atoms with Crippen molar-refractivity contribution >= 4 is 46.1 Å². The molecule has 1 unspecified atom stereocenters. The summed E-state index contributed by atoms with van der Waals surface area (Å²) >= 11 is 0. The SMILES string of the molecule is Cc1cc(C)cc(P(=O)(c2cc(C)cc(C)c2)c2cc(C)cc(C)c2-c2c(C)cc(C)cc2P(=O)(c2cc(C)cc(C)c2)c2ccc(C)cc2C)c1. The molecule has 266 valence electrons. The molecule has 6 aromatic carbocycles. The lowest BCUT2D eigenvalue weighted by atomic mass is 9.94. The third-order valence-corrected chi connectivity index (χ3v) is 16.4. The number of aryl methyl sites for hydroxylation is 12. The summed E-state index contributed by atoms with van der Waals surface area (Å²) in [6.45, 7) is 25.1. The molecule has 6 rings (SSSR count). The topological polar surface area (TPSA) is 34.1 Å². The smallest absolute Gasteiger partial charge is 0.171 e. The van der Waals surface area contributed by atoms with Crippen LogP contribution in [0.1, 0.15) is 66.8 Å². The summed E-state index contributed by atoms with van der Waals surface area (Å²) in [5.74, 6) is 0. The molecule has 0 amide bonds. The lowest BCUT2D eigenvalue weighted by molar-refractivity contribution is 0.591. The van der Waals surface area contributed by atoms with E-state index in [0.29, 0.717) is 0 Å². The molecule has 4 heteroatoms. The van der Waals surface area contributed by atoms with Gasteiger partial charge in [0.15, 0.2) is 14.3 Å². The average molecular weight is 723 g/mol. The quantitative estimate of drug-likeness (QED) is 0.154. The Morgan fingerprint density at radius 2 is 0.596 bits per heavy atom. The number of hydrogen-bond donors (Lipinski definition) is 0. The highest BCUT2D eigenvalue weighted by atomic mass is 31.2. The lowest BCUT2D eigenvalue weighted by Gasteiger charge is -2.30. The second-order valence-corrected chi connectivity index (χ2v) is 20.9. The molecule has 0 spiro atoms. The molecule has 2 nitrogen and oxygen atoms in total. The summed E-state index contributed by atoms with van der Waals surface area (Å²) in [6.07, 6.45) is 0. The number of benzene rings is 6. The van der Waals surface area contributed by atoms with Gasteiger partial charge in [0.05, 0.1) is 0 Å². The minimum atomic E-state index is -3.51. The second-order valence-electron chi connectivity index (χ2n) is 15.5. The van der Waals surface area contributed by atoms with Crippen LogP contribution in [0.15, 0.2) is 97.1 Å². The minimum absolute atomic E-state index is 0.792. The van der Waals surface area contributed by atoms with Crippen molar-refractivity contribution in [2.24, 2.45) is 0 Å². The summed E-state index contributed by atoms with van der Waals surface area (Å²) < 4.78 is 33.5. The van der Waals surface area contributed by atoms with Crippen LogP contribution in [0, 0.1) is 83.1 Å². The van der Waals surface area contributed by atoms with Gasteiger partial charge in [0, 0.05) is 31.8 Å². The Hall–Kier alpha value is -4.22. The van der Waals surface area contributed by atoms with Crippen LogP contribution < -0.4 is 31.8 Å². The molecule has 0 fully saturated rings. The normalized spacial score (nSPS) is 12.9. The van der Waals surface area contributed by atoms with E-state index in [4.69, 9.17) is 0 Å². The van der Waals surface area contributed by atoms with Crippen molar-refractivity contribution in [2.45, 2.75) is 83.1 Å². The fourth-order valence-electron chi connectivity index (χ4n) is 8.43. The van der Waals surface area contributed by atoms with Crippen LogP contribution in [-0.2, 0) is 9.13 Å². The van der Waals surface area contributed by atoms with Gasteiger partial charge in [0.25, 0.3) is 0 Å². The molecule has 0 saturated carbocycles. The van der Waals surface area contributed by atoms with E-state index in [1.807, 2.05) is 0 Å². The van der Waals surface area contributed by atoms with Gasteiger partial charge in [0.2, 0.25) is 0 Å². The maximum Gasteiger partial charge on any atom is 0.171 e.